The summed E-state index contributed by atoms with van der Waals surface area (Å²) in [4.78, 5) is 11.2. The van der Waals surface area contributed by atoms with Gasteiger partial charge in [-0.2, -0.15) is 0 Å². The highest BCUT2D eigenvalue weighted by atomic mass is 32.2. The van der Waals surface area contributed by atoms with Crippen molar-refractivity contribution in [2.24, 2.45) is 0 Å². The molecule has 1 amide bonds. The van der Waals surface area contributed by atoms with E-state index in [9.17, 15) is 17.6 Å². The van der Waals surface area contributed by atoms with E-state index >= 15 is 0 Å². The van der Waals surface area contributed by atoms with E-state index in [0.29, 0.717) is 36.3 Å². The van der Waals surface area contributed by atoms with E-state index in [1.807, 2.05) is 0 Å². The molecule has 0 unspecified atom stereocenters. The van der Waals surface area contributed by atoms with Crippen molar-refractivity contribution in [3.63, 3.8) is 0 Å². The molecule has 1 aliphatic rings. The van der Waals surface area contributed by atoms with Gasteiger partial charge in [-0.3, -0.25) is 9.10 Å². The molecule has 1 heterocycles. The Kier molecular flexibility index (Phi) is 4.28. The number of rotatable bonds is 3. The number of hydrogen-bond acceptors (Lipinski definition) is 3. The zero-order valence-electron chi connectivity index (χ0n) is 13.1. The first-order chi connectivity index (χ1) is 11.4. The number of sulfonamides is 1. The molecule has 1 N–H and O–H groups in total. The second kappa shape index (κ2) is 6.24. The quantitative estimate of drug-likeness (QED) is 0.927. The molecule has 2 aromatic carbocycles. The van der Waals surface area contributed by atoms with Gasteiger partial charge in [0.2, 0.25) is 5.91 Å². The lowest BCUT2D eigenvalue weighted by Crippen LogP contribution is -2.35. The minimum absolute atomic E-state index is 0.133. The molecule has 0 saturated heterocycles. The van der Waals surface area contributed by atoms with Gasteiger partial charge in [0.1, 0.15) is 5.82 Å². The lowest BCUT2D eigenvalue weighted by atomic mass is 10.0. The van der Waals surface area contributed by atoms with Crippen molar-refractivity contribution in [2.75, 3.05) is 16.2 Å². The van der Waals surface area contributed by atoms with Crippen LogP contribution in [0.15, 0.2) is 47.4 Å². The molecule has 0 saturated carbocycles. The third-order valence-electron chi connectivity index (χ3n) is 3.88. The van der Waals surface area contributed by atoms with Crippen LogP contribution in [0.5, 0.6) is 0 Å². The highest BCUT2D eigenvalue weighted by molar-refractivity contribution is 7.92. The number of carbonyl (C=O) groups excluding carboxylic acids is 1. The molecule has 0 aliphatic carbocycles. The Morgan fingerprint density at radius 3 is 2.54 bits per heavy atom. The van der Waals surface area contributed by atoms with Gasteiger partial charge in [0.25, 0.3) is 10.0 Å². The zero-order chi connectivity index (χ0) is 17.3. The second-order valence-corrected chi connectivity index (χ2v) is 7.52. The van der Waals surface area contributed by atoms with Crippen LogP contribution in [-0.2, 0) is 21.2 Å². The SMILES string of the molecule is CC(=O)Nc1ccc(S(=O)(=O)N2CCCc3cc(F)ccc32)cc1. The summed E-state index contributed by atoms with van der Waals surface area (Å²) in [6.45, 7) is 1.74. The smallest absolute Gasteiger partial charge is 0.264 e. The molecule has 0 bridgehead atoms. The van der Waals surface area contributed by atoms with Crippen molar-refractivity contribution in [1.82, 2.24) is 0 Å². The molecule has 0 fully saturated rings. The normalized spacial score (nSPS) is 14.2. The Morgan fingerprint density at radius 2 is 1.88 bits per heavy atom. The van der Waals surface area contributed by atoms with Crippen LogP contribution in [0.3, 0.4) is 0 Å². The summed E-state index contributed by atoms with van der Waals surface area (Å²) in [6.07, 6.45) is 1.29. The van der Waals surface area contributed by atoms with Crippen LogP contribution in [0.1, 0.15) is 18.9 Å². The van der Waals surface area contributed by atoms with Crippen molar-refractivity contribution in [3.05, 3.63) is 53.8 Å². The molecule has 0 aromatic heterocycles. The first-order valence-corrected chi connectivity index (χ1v) is 9.01. The fraction of sp³-hybridized carbons (Fsp3) is 0.235. The summed E-state index contributed by atoms with van der Waals surface area (Å²) in [5, 5.41) is 2.60. The summed E-state index contributed by atoms with van der Waals surface area (Å²) in [7, 11) is -3.74. The molecule has 1 aliphatic heterocycles. The molecule has 0 atom stereocenters. The first-order valence-electron chi connectivity index (χ1n) is 7.57. The molecule has 126 valence electrons. The second-order valence-electron chi connectivity index (χ2n) is 5.66. The number of halogens is 1. The molecule has 2 aromatic rings. The predicted octanol–water partition coefficient (Wildman–Crippen LogP) is 2.93. The third-order valence-corrected chi connectivity index (χ3v) is 5.71. The maximum Gasteiger partial charge on any atom is 0.264 e. The molecular formula is C17H17FN2O3S. The van der Waals surface area contributed by atoms with Gasteiger partial charge in [-0.1, -0.05) is 0 Å². The van der Waals surface area contributed by atoms with Crippen LogP contribution >= 0.6 is 0 Å². The average Bonchev–Trinajstić information content (AvgIpc) is 2.54. The van der Waals surface area contributed by atoms with Crippen LogP contribution in [0.4, 0.5) is 15.8 Å². The maximum absolute atomic E-state index is 13.4. The van der Waals surface area contributed by atoms with E-state index in [4.69, 9.17) is 0 Å². The van der Waals surface area contributed by atoms with Crippen molar-refractivity contribution < 1.29 is 17.6 Å². The number of nitrogens with one attached hydrogen (secondary N) is 1. The highest BCUT2D eigenvalue weighted by Crippen LogP contribution is 2.32. The lowest BCUT2D eigenvalue weighted by molar-refractivity contribution is -0.114. The number of benzene rings is 2. The number of anilines is 2. The summed E-state index contributed by atoms with van der Waals surface area (Å²) >= 11 is 0. The van der Waals surface area contributed by atoms with Gasteiger partial charge in [-0.25, -0.2) is 12.8 Å². The first kappa shape index (κ1) is 16.4. The average molecular weight is 348 g/mol. The van der Waals surface area contributed by atoms with E-state index in [2.05, 4.69) is 5.32 Å². The summed E-state index contributed by atoms with van der Waals surface area (Å²) in [5.41, 5.74) is 1.75. The van der Waals surface area contributed by atoms with Crippen LogP contribution in [0.25, 0.3) is 0 Å². The van der Waals surface area contributed by atoms with Gasteiger partial charge in [0.15, 0.2) is 0 Å². The van der Waals surface area contributed by atoms with Crippen molar-refractivity contribution >= 4 is 27.3 Å². The highest BCUT2D eigenvalue weighted by Gasteiger charge is 2.29. The minimum Gasteiger partial charge on any atom is -0.326 e. The van der Waals surface area contributed by atoms with Gasteiger partial charge in [-0.05, 0) is 60.9 Å². The minimum atomic E-state index is -3.74. The third kappa shape index (κ3) is 3.12. The van der Waals surface area contributed by atoms with Crippen LogP contribution < -0.4 is 9.62 Å². The summed E-state index contributed by atoms with van der Waals surface area (Å²) in [6, 6.07) is 10.2. The topological polar surface area (TPSA) is 66.5 Å². The number of fused-ring (bicyclic) bond motifs is 1. The van der Waals surface area contributed by atoms with E-state index in [1.54, 1.807) is 12.1 Å². The number of carbonyl (C=O) groups is 1. The lowest BCUT2D eigenvalue weighted by Gasteiger charge is -2.30. The molecule has 0 radical (unpaired) electrons. The van der Waals surface area contributed by atoms with Crippen molar-refractivity contribution in [3.8, 4) is 0 Å². The Labute approximate surface area is 140 Å². The van der Waals surface area contributed by atoms with E-state index in [1.165, 1.54) is 41.6 Å². The van der Waals surface area contributed by atoms with Crippen molar-refractivity contribution in [2.45, 2.75) is 24.7 Å². The van der Waals surface area contributed by atoms with E-state index in [0.717, 1.165) is 0 Å². The van der Waals surface area contributed by atoms with Gasteiger partial charge in [0, 0.05) is 19.2 Å². The monoisotopic (exact) mass is 348 g/mol. The molecule has 7 heteroatoms. The van der Waals surface area contributed by atoms with Gasteiger partial charge >= 0.3 is 0 Å². The van der Waals surface area contributed by atoms with Crippen LogP contribution in [0, 0.1) is 5.82 Å². The summed E-state index contributed by atoms with van der Waals surface area (Å²) < 4.78 is 40.5. The van der Waals surface area contributed by atoms with Gasteiger partial charge in [-0.15, -0.1) is 0 Å². The molecule has 5 nitrogen and oxygen atoms in total. The fourth-order valence-electron chi connectivity index (χ4n) is 2.82. The standard InChI is InChI=1S/C17H17FN2O3S/c1-12(21)19-15-5-7-16(8-6-15)24(22,23)20-10-2-3-13-11-14(18)4-9-17(13)20/h4-9,11H,2-3,10H2,1H3,(H,19,21). The Hall–Kier alpha value is -2.41. The number of nitrogens with zero attached hydrogens (tertiary/aromatic N) is 1. The molecular weight excluding hydrogens is 331 g/mol. The zero-order valence-corrected chi connectivity index (χ0v) is 13.9. The van der Waals surface area contributed by atoms with Crippen LogP contribution in [-0.4, -0.2) is 20.9 Å². The largest absolute Gasteiger partial charge is 0.326 e. The van der Waals surface area contributed by atoms with Gasteiger partial charge in [0.05, 0.1) is 10.6 Å². The Morgan fingerprint density at radius 1 is 1.17 bits per heavy atom. The fourth-order valence-corrected chi connectivity index (χ4v) is 4.36. The Balaban J connectivity index is 1.96. The maximum atomic E-state index is 13.4. The van der Waals surface area contributed by atoms with E-state index in [-0.39, 0.29) is 16.6 Å². The number of aryl methyl sites for hydroxylation is 1. The summed E-state index contributed by atoms with van der Waals surface area (Å²) in [5.74, 6) is -0.592. The van der Waals surface area contributed by atoms with Crippen LogP contribution in [0.2, 0.25) is 0 Å². The van der Waals surface area contributed by atoms with Crippen molar-refractivity contribution in [1.29, 1.82) is 0 Å². The van der Waals surface area contributed by atoms with Gasteiger partial charge < -0.3 is 5.32 Å². The molecule has 0 spiro atoms. The molecule has 3 rings (SSSR count). The molecule has 24 heavy (non-hydrogen) atoms. The van der Waals surface area contributed by atoms with E-state index < -0.39 is 10.0 Å². The number of hydrogen-bond donors (Lipinski definition) is 1. The Bertz CT molecular complexity index is 879. The number of amides is 1. The predicted molar refractivity (Wildman–Crippen MR) is 90.0 cm³/mol.